The predicted molar refractivity (Wildman–Crippen MR) is 199 cm³/mol. The summed E-state index contributed by atoms with van der Waals surface area (Å²) in [6.45, 7) is 10.8. The quantitative estimate of drug-likeness (QED) is 0.131. The number of ether oxygens (including phenoxy) is 2. The average molecular weight is 786 g/mol. The topological polar surface area (TPSA) is 143 Å². The van der Waals surface area contributed by atoms with Crippen LogP contribution in [0.4, 0.5) is 23.2 Å². The number of hydrogen-bond acceptors (Lipinski definition) is 9. The zero-order valence-electron chi connectivity index (χ0n) is 31.4. The van der Waals surface area contributed by atoms with E-state index in [9.17, 15) is 37.1 Å². The fourth-order valence-corrected chi connectivity index (χ4v) is 7.63. The van der Waals surface area contributed by atoms with Gasteiger partial charge < -0.3 is 30.1 Å². The zero-order valence-corrected chi connectivity index (χ0v) is 32.2. The zero-order chi connectivity index (χ0) is 40.2. The summed E-state index contributed by atoms with van der Waals surface area (Å²) in [6, 6.07) is 4.82. The molecule has 2 fully saturated rings. The maximum atomic E-state index is 14.6. The van der Waals surface area contributed by atoms with Gasteiger partial charge in [-0.15, -0.1) is 11.3 Å². The molecular weight excluding hydrogens is 743 g/mol. The van der Waals surface area contributed by atoms with E-state index in [-0.39, 0.29) is 37.4 Å². The number of fused-ring (bicyclic) bond motifs is 1. The van der Waals surface area contributed by atoms with Gasteiger partial charge in [0.25, 0.3) is 0 Å². The molecule has 3 N–H and O–H groups in total. The molecule has 2 amide bonds. The minimum atomic E-state index is -4.84. The summed E-state index contributed by atoms with van der Waals surface area (Å²) in [5.74, 6) is -2.53. The molecular formula is C39H43F4N5O6S. The number of alkyl halides is 3. The number of amides is 2. The van der Waals surface area contributed by atoms with Crippen LogP contribution in [0.1, 0.15) is 76.6 Å². The van der Waals surface area contributed by atoms with Gasteiger partial charge in [0, 0.05) is 34.5 Å². The van der Waals surface area contributed by atoms with Gasteiger partial charge in [-0.25, -0.2) is 19.2 Å². The SMILES string of the molecule is COc1ccc2c(O[C@@H]3C[C@@H](C(=O)NC4(C(=O)O)CC4)N(C(=O)[C@@H](Nc4cc(F)cc(C(F)(F)F)c4)C(C)(C)C)C3)cc(-c3nc(C(C)C)cs3)nc2c1C. The Balaban J connectivity index is 1.38. The van der Waals surface area contributed by atoms with Crippen LogP contribution in [0.2, 0.25) is 0 Å². The van der Waals surface area contributed by atoms with Crippen LogP contribution in [0.5, 0.6) is 11.5 Å². The third-order valence-electron chi connectivity index (χ3n) is 10.0. The van der Waals surface area contributed by atoms with Crippen LogP contribution in [0.15, 0.2) is 41.8 Å². The lowest BCUT2D eigenvalue weighted by Crippen LogP contribution is -2.56. The summed E-state index contributed by atoms with van der Waals surface area (Å²) in [6.07, 6.45) is -5.25. The number of halogens is 4. The molecule has 294 valence electrons. The van der Waals surface area contributed by atoms with Crippen molar-refractivity contribution in [1.29, 1.82) is 0 Å². The van der Waals surface area contributed by atoms with E-state index < -0.39 is 64.5 Å². The first kappa shape index (κ1) is 39.7. The first-order chi connectivity index (χ1) is 25.7. The maximum absolute atomic E-state index is 14.6. The fourth-order valence-electron chi connectivity index (χ4n) is 6.69. The molecule has 2 aliphatic rings. The Morgan fingerprint density at radius 2 is 1.76 bits per heavy atom. The average Bonchev–Trinajstić information content (AvgIpc) is 3.50. The van der Waals surface area contributed by atoms with Crippen molar-refractivity contribution in [2.45, 2.75) is 96.6 Å². The van der Waals surface area contributed by atoms with Crippen molar-refractivity contribution in [1.82, 2.24) is 20.2 Å². The van der Waals surface area contributed by atoms with Crippen molar-refractivity contribution in [2.75, 3.05) is 19.0 Å². The molecule has 1 aliphatic heterocycles. The monoisotopic (exact) mass is 785 g/mol. The predicted octanol–water partition coefficient (Wildman–Crippen LogP) is 7.57. The number of nitrogens with one attached hydrogen (secondary N) is 2. The molecule has 0 radical (unpaired) electrons. The minimum absolute atomic E-state index is 0.0364. The van der Waals surface area contributed by atoms with Crippen LogP contribution in [-0.2, 0) is 20.6 Å². The molecule has 1 saturated heterocycles. The van der Waals surface area contributed by atoms with Crippen LogP contribution in [0.3, 0.4) is 0 Å². The minimum Gasteiger partial charge on any atom is -0.496 e. The number of carbonyl (C=O) groups excluding carboxylic acids is 2. The highest BCUT2D eigenvalue weighted by Crippen LogP contribution is 2.40. The van der Waals surface area contributed by atoms with Crippen molar-refractivity contribution in [3.8, 4) is 22.2 Å². The second kappa shape index (κ2) is 14.6. The van der Waals surface area contributed by atoms with Crippen molar-refractivity contribution >= 4 is 45.7 Å². The molecule has 11 nitrogen and oxygen atoms in total. The summed E-state index contributed by atoms with van der Waals surface area (Å²) >= 11 is 1.43. The molecule has 2 aromatic heterocycles. The van der Waals surface area contributed by atoms with Crippen molar-refractivity contribution < 1.29 is 46.5 Å². The number of carboxylic acids is 1. The van der Waals surface area contributed by atoms with Gasteiger partial charge in [-0.1, -0.05) is 34.6 Å². The summed E-state index contributed by atoms with van der Waals surface area (Å²) in [7, 11) is 1.56. The van der Waals surface area contributed by atoms with E-state index in [1.165, 1.54) is 16.2 Å². The van der Waals surface area contributed by atoms with E-state index in [0.29, 0.717) is 45.2 Å². The van der Waals surface area contributed by atoms with Gasteiger partial charge in [0.15, 0.2) is 0 Å². The Hall–Kier alpha value is -4.99. The van der Waals surface area contributed by atoms with Crippen molar-refractivity contribution in [3.63, 3.8) is 0 Å². The largest absolute Gasteiger partial charge is 0.496 e. The lowest BCUT2D eigenvalue weighted by Gasteiger charge is -2.36. The van der Waals surface area contributed by atoms with Crippen LogP contribution >= 0.6 is 11.3 Å². The highest BCUT2D eigenvalue weighted by molar-refractivity contribution is 7.13. The van der Waals surface area contributed by atoms with Gasteiger partial charge in [-0.3, -0.25) is 9.59 Å². The molecule has 0 unspecified atom stereocenters. The molecule has 1 aliphatic carbocycles. The number of carboxylic acid groups (broad SMARTS) is 1. The second-order valence-electron chi connectivity index (χ2n) is 15.6. The molecule has 6 rings (SSSR count). The van der Waals surface area contributed by atoms with Crippen molar-refractivity contribution in [2.24, 2.45) is 5.41 Å². The van der Waals surface area contributed by atoms with E-state index in [1.807, 2.05) is 26.2 Å². The molecule has 55 heavy (non-hydrogen) atoms. The van der Waals surface area contributed by atoms with Gasteiger partial charge in [-0.2, -0.15) is 13.2 Å². The molecule has 0 spiro atoms. The molecule has 16 heteroatoms. The first-order valence-electron chi connectivity index (χ1n) is 17.8. The van der Waals surface area contributed by atoms with E-state index in [0.717, 1.165) is 17.3 Å². The summed E-state index contributed by atoms with van der Waals surface area (Å²) in [5.41, 5.74) is -1.15. The molecule has 4 aromatic rings. The Kier molecular flexibility index (Phi) is 10.5. The smallest absolute Gasteiger partial charge is 0.416 e. The molecule has 3 heterocycles. The number of aromatic nitrogens is 2. The number of pyridine rings is 1. The molecule has 2 aromatic carbocycles. The van der Waals surface area contributed by atoms with Gasteiger partial charge in [0.1, 0.15) is 51.7 Å². The number of hydrogen-bond donors (Lipinski definition) is 3. The second-order valence-corrected chi connectivity index (χ2v) is 16.4. The van der Waals surface area contributed by atoms with E-state index in [1.54, 1.807) is 46.1 Å². The maximum Gasteiger partial charge on any atom is 0.416 e. The molecule has 3 atom stereocenters. The number of likely N-dealkylation sites (tertiary alicyclic amines) is 1. The van der Waals surface area contributed by atoms with Crippen LogP contribution in [-0.4, -0.2) is 75.1 Å². The number of aryl methyl sites for hydroxylation is 1. The summed E-state index contributed by atoms with van der Waals surface area (Å²) in [4.78, 5) is 51.5. The van der Waals surface area contributed by atoms with E-state index in [4.69, 9.17) is 19.4 Å². The number of carbonyl (C=O) groups is 3. The number of thiazole rings is 1. The van der Waals surface area contributed by atoms with Crippen LogP contribution in [0, 0.1) is 18.2 Å². The summed E-state index contributed by atoms with van der Waals surface area (Å²) in [5, 5.41) is 18.5. The first-order valence-corrected chi connectivity index (χ1v) is 18.7. The van der Waals surface area contributed by atoms with Crippen molar-refractivity contribution in [3.05, 3.63) is 64.4 Å². The molecule has 1 saturated carbocycles. The van der Waals surface area contributed by atoms with Crippen LogP contribution < -0.4 is 20.1 Å². The Labute approximate surface area is 319 Å². The highest BCUT2D eigenvalue weighted by atomic mass is 32.1. The third kappa shape index (κ3) is 8.19. The number of methoxy groups -OCH3 is 1. The number of benzene rings is 2. The fraction of sp³-hybridized carbons (Fsp3) is 0.462. The standard InChI is InChI=1S/C39H43F4N5O6S/c1-19(2)27-18-55-34(46-27)26-16-30(25-8-9-29(53-7)20(3)31(25)45-26)54-24-15-28(33(49)47-38(10-11-38)36(51)52)48(17-24)35(50)32(37(4,5)6)44-23-13-21(39(41,42)43)12-22(40)14-23/h8-9,12-14,16,18-19,24,28,32,44H,10-11,15,17H2,1-7H3,(H,47,49)(H,51,52)/t24-,28+,32-/m1/s1. The number of anilines is 1. The van der Waals surface area contributed by atoms with E-state index >= 15 is 0 Å². The Morgan fingerprint density at radius 3 is 2.35 bits per heavy atom. The van der Waals surface area contributed by atoms with Gasteiger partial charge in [0.05, 0.1) is 30.4 Å². The number of rotatable bonds is 11. The number of aliphatic carboxylic acids is 1. The summed E-state index contributed by atoms with van der Waals surface area (Å²) < 4.78 is 67.5. The lowest BCUT2D eigenvalue weighted by atomic mass is 9.85. The Bertz CT molecular complexity index is 2150. The number of nitrogens with zero attached hydrogens (tertiary/aromatic N) is 3. The van der Waals surface area contributed by atoms with Gasteiger partial charge in [0.2, 0.25) is 11.8 Å². The van der Waals surface area contributed by atoms with Gasteiger partial charge in [-0.05, 0) is 61.4 Å². The highest BCUT2D eigenvalue weighted by Gasteiger charge is 2.54. The molecule has 0 bridgehead atoms. The lowest BCUT2D eigenvalue weighted by molar-refractivity contribution is -0.145. The normalized spacial score (nSPS) is 18.7. The third-order valence-corrected chi connectivity index (χ3v) is 10.9. The van der Waals surface area contributed by atoms with E-state index in [2.05, 4.69) is 10.6 Å². The van der Waals surface area contributed by atoms with Crippen LogP contribution in [0.25, 0.3) is 21.6 Å². The van der Waals surface area contributed by atoms with Gasteiger partial charge >= 0.3 is 12.1 Å². The Morgan fingerprint density at radius 1 is 1.05 bits per heavy atom.